The zero-order chi connectivity index (χ0) is 25.5. The lowest BCUT2D eigenvalue weighted by Crippen LogP contribution is -2.36. The molecule has 0 saturated carbocycles. The lowest BCUT2D eigenvalue weighted by Gasteiger charge is -2.17. The van der Waals surface area contributed by atoms with Crippen LogP contribution in [-0.2, 0) is 11.2 Å². The average molecular weight is 484 g/mol. The van der Waals surface area contributed by atoms with Crippen molar-refractivity contribution in [2.45, 2.75) is 40.2 Å². The lowest BCUT2D eigenvalue weighted by atomic mass is 10.0. The third-order valence-electron chi connectivity index (χ3n) is 5.57. The summed E-state index contributed by atoms with van der Waals surface area (Å²) in [6, 6.07) is 7.71. The summed E-state index contributed by atoms with van der Waals surface area (Å²) in [7, 11) is 1.98. The van der Waals surface area contributed by atoms with E-state index in [0.717, 1.165) is 40.3 Å². The van der Waals surface area contributed by atoms with E-state index in [4.69, 9.17) is 14.4 Å². The fraction of sp³-hybridized carbons (Fsp3) is 0.440. The van der Waals surface area contributed by atoms with Crippen LogP contribution in [0, 0.1) is 13.8 Å². The number of aromatic nitrogens is 3. The van der Waals surface area contributed by atoms with Crippen molar-refractivity contribution in [1.29, 1.82) is 0 Å². The van der Waals surface area contributed by atoms with Crippen LogP contribution in [0.25, 0.3) is 22.8 Å². The van der Waals surface area contributed by atoms with Gasteiger partial charge >= 0.3 is 0 Å². The molecule has 0 aliphatic carbocycles. The smallest absolute Gasteiger partial charge is 0.258 e. The quantitative estimate of drug-likeness (QED) is 0.375. The number of aliphatic hydroxyl groups is 2. The molecule has 3 aromatic rings. The number of carbonyl (C=O) groups excluding carboxylic acids is 1. The highest BCUT2D eigenvalue weighted by Gasteiger charge is 2.17. The molecule has 10 heteroatoms. The van der Waals surface area contributed by atoms with Gasteiger partial charge < -0.3 is 29.7 Å². The third-order valence-corrected chi connectivity index (χ3v) is 5.57. The number of carbonyl (C=O) groups is 1. The Morgan fingerprint density at radius 2 is 1.94 bits per heavy atom. The predicted molar refractivity (Wildman–Crippen MR) is 132 cm³/mol. The number of nitrogens with zero attached hydrogens (tertiary/aromatic N) is 4. The number of benzene rings is 1. The van der Waals surface area contributed by atoms with Crippen molar-refractivity contribution in [1.82, 2.24) is 20.4 Å². The maximum atomic E-state index is 11.1. The first-order valence-electron chi connectivity index (χ1n) is 11.6. The summed E-state index contributed by atoms with van der Waals surface area (Å²) in [6.07, 6.45) is -0.211. The minimum atomic E-state index is -0.908. The summed E-state index contributed by atoms with van der Waals surface area (Å²) < 4.78 is 11.5. The van der Waals surface area contributed by atoms with Gasteiger partial charge in [0.2, 0.25) is 11.7 Å². The molecule has 3 N–H and O–H groups in total. The topological polar surface area (TPSA) is 134 Å². The number of rotatable bonds is 11. The molecular formula is C25H33N5O5. The molecule has 35 heavy (non-hydrogen) atoms. The van der Waals surface area contributed by atoms with Crippen molar-refractivity contribution >= 4 is 11.7 Å². The molecule has 3 rings (SSSR count). The molecule has 1 atom stereocenters. The van der Waals surface area contributed by atoms with Crippen LogP contribution in [0.1, 0.15) is 30.7 Å². The van der Waals surface area contributed by atoms with Crippen LogP contribution in [0.4, 0.5) is 5.82 Å². The maximum Gasteiger partial charge on any atom is 0.258 e. The second-order valence-corrected chi connectivity index (χ2v) is 8.35. The molecule has 0 aliphatic heterocycles. The van der Waals surface area contributed by atoms with E-state index in [9.17, 15) is 9.90 Å². The van der Waals surface area contributed by atoms with Gasteiger partial charge in [0.25, 0.3) is 5.89 Å². The summed E-state index contributed by atoms with van der Waals surface area (Å²) in [4.78, 5) is 22.4. The van der Waals surface area contributed by atoms with Gasteiger partial charge in [0, 0.05) is 37.0 Å². The maximum absolute atomic E-state index is 11.1. The minimum absolute atomic E-state index is 0.00118. The molecule has 0 bridgehead atoms. The summed E-state index contributed by atoms with van der Waals surface area (Å²) in [5.74, 6) is 1.85. The highest BCUT2D eigenvalue weighted by atomic mass is 16.5. The molecule has 0 spiro atoms. The summed E-state index contributed by atoms with van der Waals surface area (Å²) in [5, 5.41) is 25.5. The summed E-state index contributed by atoms with van der Waals surface area (Å²) in [5.41, 5.74) is 4.27. The molecule has 0 saturated heterocycles. The van der Waals surface area contributed by atoms with Gasteiger partial charge in [-0.3, -0.25) is 4.79 Å². The molecule has 1 amide bonds. The molecular weight excluding hydrogens is 450 g/mol. The first-order chi connectivity index (χ1) is 16.7. The van der Waals surface area contributed by atoms with Crippen molar-refractivity contribution in [2.24, 2.45) is 0 Å². The molecule has 2 heterocycles. The van der Waals surface area contributed by atoms with Gasteiger partial charge in [0.15, 0.2) is 0 Å². The number of anilines is 1. The van der Waals surface area contributed by atoms with Gasteiger partial charge in [-0.15, -0.1) is 0 Å². The van der Waals surface area contributed by atoms with Crippen LogP contribution in [0.5, 0.6) is 5.75 Å². The van der Waals surface area contributed by atoms with E-state index >= 15 is 0 Å². The number of amides is 1. The van der Waals surface area contributed by atoms with Crippen LogP contribution >= 0.6 is 0 Å². The fourth-order valence-corrected chi connectivity index (χ4v) is 3.56. The van der Waals surface area contributed by atoms with Crippen molar-refractivity contribution in [3.63, 3.8) is 0 Å². The van der Waals surface area contributed by atoms with E-state index in [2.05, 4.69) is 27.4 Å². The van der Waals surface area contributed by atoms with Gasteiger partial charge in [0.05, 0.1) is 0 Å². The number of pyridine rings is 1. The van der Waals surface area contributed by atoms with Gasteiger partial charge in [-0.1, -0.05) is 12.1 Å². The number of aryl methyl sites for hydroxylation is 3. The van der Waals surface area contributed by atoms with Gasteiger partial charge in [0.1, 0.15) is 30.9 Å². The van der Waals surface area contributed by atoms with Gasteiger partial charge in [-0.05, 0) is 62.6 Å². The van der Waals surface area contributed by atoms with E-state index < -0.39 is 18.6 Å². The normalized spacial score (nSPS) is 11.9. The number of ether oxygens (including phenoxy) is 1. The van der Waals surface area contributed by atoms with Crippen molar-refractivity contribution in [2.75, 3.05) is 38.3 Å². The molecule has 0 radical (unpaired) electrons. The average Bonchev–Trinajstić information content (AvgIpc) is 3.35. The Bertz CT molecular complexity index is 1160. The summed E-state index contributed by atoms with van der Waals surface area (Å²) in [6.45, 7) is 8.12. The van der Waals surface area contributed by atoms with Crippen LogP contribution < -0.4 is 15.0 Å². The largest absolute Gasteiger partial charge is 0.490 e. The Kier molecular flexibility index (Phi) is 8.78. The van der Waals surface area contributed by atoms with Crippen LogP contribution in [0.2, 0.25) is 0 Å². The number of hydrogen-bond donors (Lipinski definition) is 3. The minimum Gasteiger partial charge on any atom is -0.490 e. The standard InChI is InChI=1S/C25H33N5O5/c1-6-17-10-18(8-15(3)23(17)34-14-20(32)12-26-22(33)13-31)24-28-25(35-29-24)19-9-16(4)27-21(11-19)30(5)7-2/h8-11,20,31-32H,6-7,12-14H2,1-5H3,(H,26,33). The lowest BCUT2D eigenvalue weighted by molar-refractivity contribution is -0.124. The first kappa shape index (κ1) is 26.1. The third kappa shape index (κ3) is 6.55. The Balaban J connectivity index is 1.80. The predicted octanol–water partition coefficient (Wildman–Crippen LogP) is 2.28. The Hall–Kier alpha value is -3.50. The molecule has 0 fully saturated rings. The number of hydrogen-bond acceptors (Lipinski definition) is 9. The van der Waals surface area contributed by atoms with Crippen molar-refractivity contribution < 1.29 is 24.3 Å². The van der Waals surface area contributed by atoms with Crippen LogP contribution in [0.3, 0.4) is 0 Å². The van der Waals surface area contributed by atoms with E-state index in [1.165, 1.54) is 0 Å². The Morgan fingerprint density at radius 3 is 2.63 bits per heavy atom. The van der Waals surface area contributed by atoms with Crippen LogP contribution in [0.15, 0.2) is 28.8 Å². The molecule has 10 nitrogen and oxygen atoms in total. The summed E-state index contributed by atoms with van der Waals surface area (Å²) >= 11 is 0. The number of aliphatic hydroxyl groups excluding tert-OH is 2. The SMILES string of the molecule is CCc1cc(-c2noc(-c3cc(C)nc(N(C)CC)c3)n2)cc(C)c1OCC(O)CNC(=O)CO. The first-order valence-corrected chi connectivity index (χ1v) is 11.6. The molecule has 1 unspecified atom stereocenters. The Morgan fingerprint density at radius 1 is 1.17 bits per heavy atom. The highest BCUT2D eigenvalue weighted by molar-refractivity contribution is 5.76. The van der Waals surface area contributed by atoms with E-state index in [-0.39, 0.29) is 13.2 Å². The second-order valence-electron chi connectivity index (χ2n) is 8.35. The van der Waals surface area contributed by atoms with Gasteiger partial charge in [-0.25, -0.2) is 4.98 Å². The zero-order valence-corrected chi connectivity index (χ0v) is 20.8. The highest BCUT2D eigenvalue weighted by Crippen LogP contribution is 2.31. The monoisotopic (exact) mass is 483 g/mol. The second kappa shape index (κ2) is 11.8. The van der Waals surface area contributed by atoms with Crippen LogP contribution in [-0.4, -0.2) is 70.7 Å². The van der Waals surface area contributed by atoms with E-state index in [1.54, 1.807) is 0 Å². The van der Waals surface area contributed by atoms with Crippen molar-refractivity contribution in [3.05, 3.63) is 41.1 Å². The molecule has 0 aliphatic rings. The van der Waals surface area contributed by atoms with E-state index in [0.29, 0.717) is 23.9 Å². The zero-order valence-electron chi connectivity index (χ0n) is 20.8. The fourth-order valence-electron chi connectivity index (χ4n) is 3.56. The van der Waals surface area contributed by atoms with Gasteiger partial charge in [-0.2, -0.15) is 4.98 Å². The molecule has 1 aromatic carbocycles. The van der Waals surface area contributed by atoms with Crippen molar-refractivity contribution in [3.8, 4) is 28.6 Å². The molecule has 188 valence electrons. The van der Waals surface area contributed by atoms with E-state index in [1.807, 2.05) is 57.0 Å². The molecule has 2 aromatic heterocycles. The number of nitrogens with one attached hydrogen (secondary N) is 1. The Labute approximate surface area is 205 Å².